The third kappa shape index (κ3) is 2.96. The minimum Gasteiger partial charge on any atom is -0.290 e. The van der Waals surface area contributed by atoms with Gasteiger partial charge in [0, 0.05) is 36.3 Å². The Morgan fingerprint density at radius 2 is 2.00 bits per heavy atom. The molecule has 0 unspecified atom stereocenters. The molecule has 0 N–H and O–H groups in total. The third-order valence-corrected chi connectivity index (χ3v) is 4.18. The largest absolute Gasteiger partial charge is 0.290 e. The highest BCUT2D eigenvalue weighted by Crippen LogP contribution is 2.30. The van der Waals surface area contributed by atoms with Gasteiger partial charge in [-0.15, -0.1) is 0 Å². The Kier molecular flexibility index (Phi) is 3.89. The zero-order valence-corrected chi connectivity index (χ0v) is 13.8. The summed E-state index contributed by atoms with van der Waals surface area (Å²) in [6, 6.07) is 5.67. The van der Waals surface area contributed by atoms with Crippen LogP contribution in [0.4, 0.5) is 5.82 Å². The molecule has 0 bridgehead atoms. The number of rotatable bonds is 3. The minimum absolute atomic E-state index is 0.0429. The molecule has 4 rings (SSSR count). The van der Waals surface area contributed by atoms with Crippen molar-refractivity contribution in [3.8, 4) is 11.5 Å². The molecule has 0 atom stereocenters. The van der Waals surface area contributed by atoms with E-state index in [1.54, 1.807) is 29.7 Å². The van der Waals surface area contributed by atoms with E-state index in [0.717, 1.165) is 17.0 Å². The molecular formula is C18H16N6O. The first-order chi connectivity index (χ1) is 12.2. The number of fused-ring (bicyclic) bond motifs is 1. The lowest BCUT2D eigenvalue weighted by Gasteiger charge is -2.29. The van der Waals surface area contributed by atoms with E-state index >= 15 is 0 Å². The van der Waals surface area contributed by atoms with Crippen molar-refractivity contribution in [3.63, 3.8) is 0 Å². The third-order valence-electron chi connectivity index (χ3n) is 4.18. The quantitative estimate of drug-likeness (QED) is 0.730. The molecule has 0 fully saturated rings. The van der Waals surface area contributed by atoms with E-state index in [1.165, 1.54) is 0 Å². The number of aryl methyl sites for hydroxylation is 1. The number of hydrogen-bond acceptors (Lipinski definition) is 6. The Hall–Kier alpha value is -3.22. The maximum atomic E-state index is 12.5. The molecule has 3 aromatic rings. The first-order valence-corrected chi connectivity index (χ1v) is 8.06. The van der Waals surface area contributed by atoms with Gasteiger partial charge in [-0.3, -0.25) is 19.7 Å². The van der Waals surface area contributed by atoms with Crippen LogP contribution in [0.2, 0.25) is 0 Å². The van der Waals surface area contributed by atoms with Gasteiger partial charge in [0.2, 0.25) is 5.91 Å². The molecule has 1 amide bonds. The summed E-state index contributed by atoms with van der Waals surface area (Å²) >= 11 is 0. The second-order valence-electron chi connectivity index (χ2n) is 5.83. The lowest BCUT2D eigenvalue weighted by Crippen LogP contribution is -2.36. The molecule has 4 heterocycles. The smallest absolute Gasteiger partial charge is 0.228 e. The Morgan fingerprint density at radius 1 is 1.08 bits per heavy atom. The molecule has 124 valence electrons. The van der Waals surface area contributed by atoms with Crippen molar-refractivity contribution in [3.05, 3.63) is 59.9 Å². The van der Waals surface area contributed by atoms with Gasteiger partial charge in [-0.1, -0.05) is 6.07 Å². The van der Waals surface area contributed by atoms with Crippen LogP contribution >= 0.6 is 0 Å². The van der Waals surface area contributed by atoms with Crippen molar-refractivity contribution in [1.29, 1.82) is 0 Å². The molecule has 0 aromatic carbocycles. The van der Waals surface area contributed by atoms with Crippen LogP contribution in [0.5, 0.6) is 0 Å². The number of pyridine rings is 1. The second-order valence-corrected chi connectivity index (χ2v) is 5.83. The molecule has 1 aliphatic rings. The summed E-state index contributed by atoms with van der Waals surface area (Å²) < 4.78 is 0. The summed E-state index contributed by atoms with van der Waals surface area (Å²) in [6.45, 7) is 2.33. The molecule has 0 saturated carbocycles. The number of nitrogens with zero attached hydrogens (tertiary/aromatic N) is 6. The number of amides is 1. The van der Waals surface area contributed by atoms with E-state index in [9.17, 15) is 4.79 Å². The lowest BCUT2D eigenvalue weighted by atomic mass is 10.0. The van der Waals surface area contributed by atoms with Gasteiger partial charge in [-0.25, -0.2) is 15.0 Å². The first-order valence-electron chi connectivity index (χ1n) is 8.06. The van der Waals surface area contributed by atoms with E-state index in [1.807, 2.05) is 25.1 Å². The van der Waals surface area contributed by atoms with E-state index < -0.39 is 0 Å². The second kappa shape index (κ2) is 6.35. The lowest BCUT2D eigenvalue weighted by molar-refractivity contribution is -0.119. The first kappa shape index (κ1) is 15.3. The summed E-state index contributed by atoms with van der Waals surface area (Å²) in [4.78, 5) is 36.1. The molecule has 0 radical (unpaired) electrons. The van der Waals surface area contributed by atoms with Gasteiger partial charge >= 0.3 is 0 Å². The SMILES string of the molecule is Cc1nc(-c2cnccn2)nc2c1CCC(=O)N2Cc1ccccn1. The fourth-order valence-corrected chi connectivity index (χ4v) is 2.93. The standard InChI is InChI=1S/C18H16N6O/c1-12-14-5-6-16(25)24(11-13-4-2-3-7-20-13)18(14)23-17(22-12)15-10-19-8-9-21-15/h2-4,7-10H,5-6,11H2,1H3. The van der Waals surface area contributed by atoms with E-state index in [0.29, 0.717) is 36.7 Å². The average molecular weight is 332 g/mol. The predicted octanol–water partition coefficient (Wildman–Crippen LogP) is 2.12. The molecule has 7 nitrogen and oxygen atoms in total. The van der Waals surface area contributed by atoms with Gasteiger partial charge in [0.1, 0.15) is 11.5 Å². The van der Waals surface area contributed by atoms with Crippen LogP contribution in [0.3, 0.4) is 0 Å². The number of carbonyl (C=O) groups excluding carboxylic acids is 1. The topological polar surface area (TPSA) is 84.8 Å². The van der Waals surface area contributed by atoms with E-state index in [4.69, 9.17) is 0 Å². The Bertz CT molecular complexity index is 914. The molecule has 1 aliphatic heterocycles. The summed E-state index contributed by atoms with van der Waals surface area (Å²) in [5, 5.41) is 0. The Morgan fingerprint density at radius 3 is 2.76 bits per heavy atom. The predicted molar refractivity (Wildman–Crippen MR) is 91.5 cm³/mol. The van der Waals surface area contributed by atoms with Crippen LogP contribution in [0.15, 0.2) is 43.0 Å². The van der Waals surface area contributed by atoms with Crippen LogP contribution in [-0.4, -0.2) is 30.8 Å². The summed E-state index contributed by atoms with van der Waals surface area (Å²) in [6.07, 6.45) is 7.65. The molecule has 0 saturated heterocycles. The molecular weight excluding hydrogens is 316 g/mol. The van der Waals surface area contributed by atoms with E-state index in [-0.39, 0.29) is 5.91 Å². The van der Waals surface area contributed by atoms with Crippen LogP contribution in [0.25, 0.3) is 11.5 Å². The highest BCUT2D eigenvalue weighted by atomic mass is 16.2. The molecule has 0 aliphatic carbocycles. The zero-order valence-electron chi connectivity index (χ0n) is 13.8. The van der Waals surface area contributed by atoms with Crippen molar-refractivity contribution in [2.45, 2.75) is 26.3 Å². The van der Waals surface area contributed by atoms with Crippen molar-refractivity contribution in [1.82, 2.24) is 24.9 Å². The molecule has 7 heteroatoms. The van der Waals surface area contributed by atoms with Gasteiger partial charge in [0.05, 0.1) is 18.4 Å². The molecule has 25 heavy (non-hydrogen) atoms. The highest BCUT2D eigenvalue weighted by Gasteiger charge is 2.28. The summed E-state index contributed by atoms with van der Waals surface area (Å²) in [5.74, 6) is 1.17. The van der Waals surface area contributed by atoms with Gasteiger partial charge < -0.3 is 0 Å². The fourth-order valence-electron chi connectivity index (χ4n) is 2.93. The van der Waals surface area contributed by atoms with Gasteiger partial charge in [-0.05, 0) is 25.5 Å². The average Bonchev–Trinajstić information content (AvgIpc) is 2.65. The monoisotopic (exact) mass is 332 g/mol. The Labute approximate surface area is 144 Å². The Balaban J connectivity index is 1.79. The summed E-state index contributed by atoms with van der Waals surface area (Å²) in [7, 11) is 0. The fraction of sp³-hybridized carbons (Fsp3) is 0.222. The molecule has 3 aromatic heterocycles. The zero-order chi connectivity index (χ0) is 17.2. The van der Waals surface area contributed by atoms with Crippen LogP contribution in [-0.2, 0) is 17.8 Å². The highest BCUT2D eigenvalue weighted by molar-refractivity contribution is 5.95. The minimum atomic E-state index is 0.0429. The van der Waals surface area contributed by atoms with Gasteiger partial charge in [0.25, 0.3) is 0 Å². The number of hydrogen-bond donors (Lipinski definition) is 0. The molecule has 0 spiro atoms. The van der Waals surface area contributed by atoms with Crippen molar-refractivity contribution >= 4 is 11.7 Å². The number of aromatic nitrogens is 5. The van der Waals surface area contributed by atoms with Crippen molar-refractivity contribution in [2.24, 2.45) is 0 Å². The normalized spacial score (nSPS) is 13.6. The number of carbonyl (C=O) groups is 1. The van der Waals surface area contributed by atoms with Crippen LogP contribution in [0, 0.1) is 6.92 Å². The van der Waals surface area contributed by atoms with E-state index in [2.05, 4.69) is 24.9 Å². The van der Waals surface area contributed by atoms with Crippen LogP contribution < -0.4 is 4.90 Å². The summed E-state index contributed by atoms with van der Waals surface area (Å²) in [5.41, 5.74) is 3.28. The van der Waals surface area contributed by atoms with Crippen molar-refractivity contribution < 1.29 is 4.79 Å². The number of anilines is 1. The van der Waals surface area contributed by atoms with Crippen molar-refractivity contribution in [2.75, 3.05) is 4.90 Å². The maximum absolute atomic E-state index is 12.5. The maximum Gasteiger partial charge on any atom is 0.228 e. The van der Waals surface area contributed by atoms with Gasteiger partial charge in [0.15, 0.2) is 5.82 Å². The van der Waals surface area contributed by atoms with Gasteiger partial charge in [-0.2, -0.15) is 0 Å². The van der Waals surface area contributed by atoms with Crippen LogP contribution in [0.1, 0.15) is 23.4 Å².